The molecule has 0 spiro atoms. The quantitative estimate of drug-likeness (QED) is 0.879. The highest BCUT2D eigenvalue weighted by Crippen LogP contribution is 2.32. The van der Waals surface area contributed by atoms with Crippen molar-refractivity contribution in [1.29, 1.82) is 0 Å². The molecular weight excluding hydrogens is 302 g/mol. The summed E-state index contributed by atoms with van der Waals surface area (Å²) >= 11 is 3.53. The number of nitrogens with zero attached hydrogens (tertiary/aromatic N) is 2. The lowest BCUT2D eigenvalue weighted by molar-refractivity contribution is 0.525. The third kappa shape index (κ3) is 2.68. The second kappa shape index (κ2) is 5.37. The van der Waals surface area contributed by atoms with Crippen LogP contribution < -0.4 is 5.32 Å². The summed E-state index contributed by atoms with van der Waals surface area (Å²) in [5, 5.41) is 3.43. The Hall–Kier alpha value is -1.29. The summed E-state index contributed by atoms with van der Waals surface area (Å²) < 4.78 is 3.42. The summed E-state index contributed by atoms with van der Waals surface area (Å²) in [6.07, 6.45) is 9.17. The molecule has 1 aliphatic carbocycles. The number of aromatic nitrogens is 2. The van der Waals surface area contributed by atoms with Crippen molar-refractivity contribution in [2.24, 2.45) is 0 Å². The number of halogens is 1. The van der Waals surface area contributed by atoms with Crippen LogP contribution in [0, 0.1) is 6.92 Å². The first kappa shape index (κ1) is 12.7. The molecule has 0 saturated heterocycles. The fraction of sp³-hybridized carbons (Fsp3) is 0.400. The van der Waals surface area contributed by atoms with E-state index in [9.17, 15) is 0 Å². The Labute approximate surface area is 122 Å². The third-order valence-corrected chi connectivity index (χ3v) is 4.69. The van der Waals surface area contributed by atoms with E-state index in [4.69, 9.17) is 0 Å². The normalized spacial score (nSPS) is 15.9. The molecule has 0 unspecified atom stereocenters. The van der Waals surface area contributed by atoms with E-state index in [0.29, 0.717) is 6.04 Å². The van der Waals surface area contributed by atoms with Gasteiger partial charge in [0.15, 0.2) is 0 Å². The minimum atomic E-state index is 0.613. The molecule has 100 valence electrons. The van der Waals surface area contributed by atoms with Crippen molar-refractivity contribution in [2.45, 2.75) is 38.6 Å². The van der Waals surface area contributed by atoms with Crippen LogP contribution >= 0.6 is 15.9 Å². The van der Waals surface area contributed by atoms with E-state index >= 15 is 0 Å². The minimum Gasteiger partial charge on any atom is -0.326 e. The molecular formula is C15H18BrN3. The molecule has 2 aromatic rings. The average Bonchev–Trinajstić information content (AvgIpc) is 3.04. The van der Waals surface area contributed by atoms with Gasteiger partial charge in [-0.3, -0.25) is 0 Å². The molecule has 1 aliphatic rings. The molecule has 1 heterocycles. The maximum Gasteiger partial charge on any atom is 0.207 e. The van der Waals surface area contributed by atoms with Crippen LogP contribution in [0.15, 0.2) is 35.1 Å². The zero-order valence-electron chi connectivity index (χ0n) is 11.1. The van der Waals surface area contributed by atoms with Gasteiger partial charge in [0.1, 0.15) is 0 Å². The van der Waals surface area contributed by atoms with Gasteiger partial charge in [0.25, 0.3) is 0 Å². The number of anilines is 2. The highest BCUT2D eigenvalue weighted by Gasteiger charge is 2.19. The number of hydrogen-bond donors (Lipinski definition) is 1. The fourth-order valence-corrected chi connectivity index (χ4v) is 2.99. The highest BCUT2D eigenvalue weighted by molar-refractivity contribution is 9.10. The predicted octanol–water partition coefficient (Wildman–Crippen LogP) is 4.81. The lowest BCUT2D eigenvalue weighted by Gasteiger charge is -2.16. The van der Waals surface area contributed by atoms with Crippen LogP contribution in [0.2, 0.25) is 0 Å². The van der Waals surface area contributed by atoms with Gasteiger partial charge in [-0.25, -0.2) is 4.98 Å². The molecule has 1 aromatic heterocycles. The van der Waals surface area contributed by atoms with Gasteiger partial charge in [-0.1, -0.05) is 28.8 Å². The Bertz CT molecular complexity index is 571. The van der Waals surface area contributed by atoms with Crippen molar-refractivity contribution >= 4 is 27.6 Å². The largest absolute Gasteiger partial charge is 0.326 e. The van der Waals surface area contributed by atoms with Crippen LogP contribution in [0.25, 0.3) is 0 Å². The number of benzene rings is 1. The predicted molar refractivity (Wildman–Crippen MR) is 81.9 cm³/mol. The molecule has 1 fully saturated rings. The van der Waals surface area contributed by atoms with Gasteiger partial charge in [-0.15, -0.1) is 0 Å². The molecule has 0 amide bonds. The van der Waals surface area contributed by atoms with Crippen molar-refractivity contribution in [3.05, 3.63) is 40.6 Å². The number of aryl methyl sites for hydroxylation is 1. The van der Waals surface area contributed by atoms with Crippen molar-refractivity contribution in [2.75, 3.05) is 5.32 Å². The molecule has 3 nitrogen and oxygen atoms in total. The van der Waals surface area contributed by atoms with E-state index in [1.807, 2.05) is 6.20 Å². The molecule has 3 rings (SSSR count). The lowest BCUT2D eigenvalue weighted by atomic mass is 10.2. The van der Waals surface area contributed by atoms with Gasteiger partial charge in [-0.2, -0.15) is 0 Å². The van der Waals surface area contributed by atoms with E-state index < -0.39 is 0 Å². The minimum absolute atomic E-state index is 0.613. The van der Waals surface area contributed by atoms with E-state index in [1.165, 1.54) is 31.2 Å². The molecule has 1 N–H and O–H groups in total. The van der Waals surface area contributed by atoms with Crippen molar-refractivity contribution in [3.8, 4) is 0 Å². The first-order valence-electron chi connectivity index (χ1n) is 6.80. The molecule has 1 saturated carbocycles. The summed E-state index contributed by atoms with van der Waals surface area (Å²) in [6.45, 7) is 2.10. The Kier molecular flexibility index (Phi) is 3.60. The van der Waals surface area contributed by atoms with E-state index in [-0.39, 0.29) is 0 Å². The molecule has 0 atom stereocenters. The van der Waals surface area contributed by atoms with Crippen molar-refractivity contribution < 1.29 is 0 Å². The van der Waals surface area contributed by atoms with Gasteiger partial charge in [0.05, 0.1) is 0 Å². The van der Waals surface area contributed by atoms with Crippen molar-refractivity contribution in [1.82, 2.24) is 9.55 Å². The number of rotatable bonds is 3. The summed E-state index contributed by atoms with van der Waals surface area (Å²) in [5.74, 6) is 0.952. The summed E-state index contributed by atoms with van der Waals surface area (Å²) in [7, 11) is 0. The van der Waals surface area contributed by atoms with Crippen LogP contribution in [-0.2, 0) is 0 Å². The lowest BCUT2D eigenvalue weighted by Crippen LogP contribution is -2.07. The van der Waals surface area contributed by atoms with Crippen LogP contribution in [0.4, 0.5) is 11.6 Å². The van der Waals surface area contributed by atoms with Gasteiger partial charge in [0.2, 0.25) is 5.95 Å². The van der Waals surface area contributed by atoms with Crippen LogP contribution in [0.5, 0.6) is 0 Å². The first-order chi connectivity index (χ1) is 9.24. The van der Waals surface area contributed by atoms with Gasteiger partial charge < -0.3 is 9.88 Å². The second-order valence-corrected chi connectivity index (χ2v) is 6.04. The number of nitrogens with one attached hydrogen (secondary N) is 1. The Balaban J connectivity index is 1.83. The monoisotopic (exact) mass is 319 g/mol. The fourth-order valence-electron chi connectivity index (χ4n) is 2.74. The van der Waals surface area contributed by atoms with Crippen molar-refractivity contribution in [3.63, 3.8) is 0 Å². The maximum atomic E-state index is 4.45. The Morgan fingerprint density at radius 2 is 2.11 bits per heavy atom. The van der Waals surface area contributed by atoms with Crippen LogP contribution in [0.3, 0.4) is 0 Å². The second-order valence-electron chi connectivity index (χ2n) is 5.19. The zero-order chi connectivity index (χ0) is 13.2. The van der Waals surface area contributed by atoms with E-state index in [2.05, 4.69) is 62.1 Å². The van der Waals surface area contributed by atoms with Gasteiger partial charge >= 0.3 is 0 Å². The third-order valence-electron chi connectivity index (χ3n) is 3.80. The average molecular weight is 320 g/mol. The summed E-state index contributed by atoms with van der Waals surface area (Å²) in [4.78, 5) is 4.45. The topological polar surface area (TPSA) is 29.9 Å². The molecule has 19 heavy (non-hydrogen) atoms. The molecule has 0 bridgehead atoms. The summed E-state index contributed by atoms with van der Waals surface area (Å²) in [6, 6.07) is 6.89. The van der Waals surface area contributed by atoms with Crippen LogP contribution in [-0.4, -0.2) is 9.55 Å². The van der Waals surface area contributed by atoms with E-state index in [1.54, 1.807) is 0 Å². The summed E-state index contributed by atoms with van der Waals surface area (Å²) in [5.41, 5.74) is 2.31. The zero-order valence-corrected chi connectivity index (χ0v) is 12.7. The molecule has 0 radical (unpaired) electrons. The van der Waals surface area contributed by atoms with Gasteiger partial charge in [-0.05, 0) is 43.5 Å². The van der Waals surface area contributed by atoms with E-state index in [0.717, 1.165) is 16.1 Å². The van der Waals surface area contributed by atoms with Gasteiger partial charge in [0, 0.05) is 28.6 Å². The molecule has 0 aliphatic heterocycles. The first-order valence-corrected chi connectivity index (χ1v) is 7.59. The Morgan fingerprint density at radius 1 is 1.32 bits per heavy atom. The maximum absolute atomic E-state index is 4.45. The smallest absolute Gasteiger partial charge is 0.207 e. The number of hydrogen-bond acceptors (Lipinski definition) is 2. The van der Waals surface area contributed by atoms with Crippen LogP contribution in [0.1, 0.15) is 37.3 Å². The standard InChI is InChI=1S/C15H18BrN3/c1-11-10-12(6-7-14(11)16)18-15-17-8-9-19(15)13-4-2-3-5-13/h6-10,13H,2-5H2,1H3,(H,17,18). The Morgan fingerprint density at radius 3 is 2.84 bits per heavy atom. The molecule has 4 heteroatoms. The number of imidazole rings is 1. The molecule has 1 aromatic carbocycles. The highest BCUT2D eigenvalue weighted by atomic mass is 79.9. The SMILES string of the molecule is Cc1cc(Nc2nccn2C2CCCC2)ccc1Br.